The van der Waals surface area contributed by atoms with Crippen molar-refractivity contribution >= 4 is 12.3 Å². The highest BCUT2D eigenvalue weighted by molar-refractivity contribution is 5.75. The summed E-state index contributed by atoms with van der Waals surface area (Å²) in [6.07, 6.45) is 1.57. The van der Waals surface area contributed by atoms with Gasteiger partial charge in [0.2, 0.25) is 0 Å². The van der Waals surface area contributed by atoms with Crippen molar-refractivity contribution in [1.29, 1.82) is 0 Å². The van der Waals surface area contributed by atoms with Crippen LogP contribution in [0.2, 0.25) is 0 Å². The number of carboxylic acids is 1. The lowest BCUT2D eigenvalue weighted by molar-refractivity contribution is -0.138. The number of nitrogens with zero attached hydrogens (tertiary/aromatic N) is 1. The van der Waals surface area contributed by atoms with Crippen molar-refractivity contribution in [1.82, 2.24) is 0 Å². The van der Waals surface area contributed by atoms with Crippen molar-refractivity contribution in [3.63, 3.8) is 0 Å². The molecular formula is C7H14N2O2. The van der Waals surface area contributed by atoms with E-state index in [9.17, 15) is 4.79 Å². The van der Waals surface area contributed by atoms with Crippen LogP contribution in [0.15, 0.2) is 4.99 Å². The van der Waals surface area contributed by atoms with E-state index in [1.807, 2.05) is 13.8 Å². The summed E-state index contributed by atoms with van der Waals surface area (Å²) in [6.45, 7) is 3.89. The molecule has 0 bridgehead atoms. The minimum Gasteiger partial charge on any atom is -0.480 e. The summed E-state index contributed by atoms with van der Waals surface area (Å²) >= 11 is 0. The normalized spacial score (nSPS) is 14.1. The molecule has 0 saturated carbocycles. The second-order valence-electron chi connectivity index (χ2n) is 2.78. The van der Waals surface area contributed by atoms with Crippen LogP contribution in [-0.4, -0.2) is 23.5 Å². The first-order valence-electron chi connectivity index (χ1n) is 3.54. The number of nitrogens with two attached hydrogens (primary N) is 1. The van der Waals surface area contributed by atoms with E-state index in [1.165, 1.54) is 0 Å². The van der Waals surface area contributed by atoms with Crippen molar-refractivity contribution in [2.75, 3.05) is 0 Å². The third kappa shape index (κ3) is 4.36. The zero-order chi connectivity index (χ0) is 8.85. The molecule has 0 aliphatic rings. The lowest BCUT2D eigenvalue weighted by atomic mass is 10.0. The molecule has 0 aromatic heterocycles. The molecule has 0 aromatic rings. The summed E-state index contributed by atoms with van der Waals surface area (Å²) < 4.78 is 0. The van der Waals surface area contributed by atoms with Crippen molar-refractivity contribution in [3.05, 3.63) is 0 Å². The third-order valence-electron chi connectivity index (χ3n) is 1.25. The first kappa shape index (κ1) is 9.94. The van der Waals surface area contributed by atoms with Gasteiger partial charge in [-0.05, 0) is 12.3 Å². The highest BCUT2D eigenvalue weighted by atomic mass is 16.4. The van der Waals surface area contributed by atoms with Gasteiger partial charge in [0.25, 0.3) is 0 Å². The number of hydrogen-bond donors (Lipinski definition) is 2. The second kappa shape index (κ2) is 4.71. The van der Waals surface area contributed by atoms with Crippen LogP contribution >= 0.6 is 0 Å². The molecule has 0 heterocycles. The quantitative estimate of drug-likeness (QED) is 0.461. The highest BCUT2D eigenvalue weighted by Crippen LogP contribution is 2.07. The molecule has 1 atom stereocenters. The predicted octanol–water partition coefficient (Wildman–Crippen LogP) is 0.473. The Balaban J connectivity index is 4.00. The number of carbonyl (C=O) groups is 1. The molecule has 0 aromatic carbocycles. The van der Waals surface area contributed by atoms with E-state index in [-0.39, 0.29) is 0 Å². The first-order chi connectivity index (χ1) is 5.07. The minimum absolute atomic E-state index is 0.319. The van der Waals surface area contributed by atoms with Crippen molar-refractivity contribution in [3.8, 4) is 0 Å². The molecule has 3 N–H and O–H groups in total. The van der Waals surface area contributed by atoms with Crippen LogP contribution in [0, 0.1) is 5.92 Å². The standard InChI is InChI=1S/C7H14N2O2/c1-5(2)3-6(7(10)11)9-4-8/h4-6H,3H2,1-2H3,(H2,8,9)(H,10,11)/t6-/m0/s1. The molecule has 0 unspecified atom stereocenters. The molecule has 0 rings (SSSR count). The molecular weight excluding hydrogens is 144 g/mol. The fourth-order valence-corrected chi connectivity index (χ4v) is 0.776. The maximum atomic E-state index is 10.5. The number of carboxylic acid groups (broad SMARTS) is 1. The Morgan fingerprint density at radius 1 is 1.73 bits per heavy atom. The molecule has 0 aliphatic carbocycles. The Bertz CT molecular complexity index is 155. The number of aliphatic carboxylic acids is 1. The van der Waals surface area contributed by atoms with Crippen molar-refractivity contribution < 1.29 is 9.90 Å². The molecule has 0 aliphatic heterocycles. The molecule has 0 spiro atoms. The Labute approximate surface area is 66.1 Å². The highest BCUT2D eigenvalue weighted by Gasteiger charge is 2.16. The van der Waals surface area contributed by atoms with Crippen LogP contribution in [0.3, 0.4) is 0 Å². The lowest BCUT2D eigenvalue weighted by Crippen LogP contribution is -2.20. The Kier molecular flexibility index (Phi) is 4.26. The third-order valence-corrected chi connectivity index (χ3v) is 1.25. The van der Waals surface area contributed by atoms with Gasteiger partial charge in [-0.25, -0.2) is 4.79 Å². The van der Waals surface area contributed by atoms with E-state index in [0.717, 1.165) is 6.34 Å². The summed E-state index contributed by atoms with van der Waals surface area (Å²) in [4.78, 5) is 14.1. The Hall–Kier alpha value is -1.06. The molecule has 4 heteroatoms. The van der Waals surface area contributed by atoms with Crippen LogP contribution in [0.1, 0.15) is 20.3 Å². The van der Waals surface area contributed by atoms with Gasteiger partial charge in [-0.3, -0.25) is 4.99 Å². The first-order valence-corrected chi connectivity index (χ1v) is 3.54. The molecule has 4 nitrogen and oxygen atoms in total. The van der Waals surface area contributed by atoms with E-state index >= 15 is 0 Å². The van der Waals surface area contributed by atoms with Gasteiger partial charge >= 0.3 is 5.97 Å². The van der Waals surface area contributed by atoms with Crippen LogP contribution in [0.25, 0.3) is 0 Å². The average Bonchev–Trinajstić information content (AvgIpc) is 1.86. The van der Waals surface area contributed by atoms with Gasteiger partial charge in [-0.2, -0.15) is 0 Å². The summed E-state index contributed by atoms with van der Waals surface area (Å²) in [5.74, 6) is -0.597. The summed E-state index contributed by atoms with van der Waals surface area (Å²) in [6, 6.07) is -0.681. The van der Waals surface area contributed by atoms with Crippen LogP contribution < -0.4 is 5.73 Å². The van der Waals surface area contributed by atoms with Crippen LogP contribution in [0.4, 0.5) is 0 Å². The van der Waals surface area contributed by atoms with Gasteiger partial charge in [-0.1, -0.05) is 13.8 Å². The lowest BCUT2D eigenvalue weighted by Gasteiger charge is -2.08. The molecule has 0 saturated heterocycles. The zero-order valence-electron chi connectivity index (χ0n) is 6.82. The summed E-state index contributed by atoms with van der Waals surface area (Å²) in [5.41, 5.74) is 4.99. The zero-order valence-corrected chi connectivity index (χ0v) is 6.82. The SMILES string of the molecule is CC(C)C[C@H](N=CN)C(=O)O. The van der Waals surface area contributed by atoms with E-state index in [0.29, 0.717) is 12.3 Å². The fourth-order valence-electron chi connectivity index (χ4n) is 0.776. The van der Waals surface area contributed by atoms with Crippen molar-refractivity contribution in [2.24, 2.45) is 16.6 Å². The molecule has 0 fully saturated rings. The number of aliphatic imine (C=N–C) groups is 1. The van der Waals surface area contributed by atoms with E-state index < -0.39 is 12.0 Å². The van der Waals surface area contributed by atoms with Gasteiger partial charge in [0.15, 0.2) is 0 Å². The van der Waals surface area contributed by atoms with Gasteiger partial charge in [0.05, 0.1) is 6.34 Å². The Morgan fingerprint density at radius 3 is 2.55 bits per heavy atom. The van der Waals surface area contributed by atoms with E-state index in [2.05, 4.69) is 4.99 Å². The smallest absolute Gasteiger partial charge is 0.328 e. The number of hydrogen-bond acceptors (Lipinski definition) is 2. The van der Waals surface area contributed by atoms with E-state index in [1.54, 1.807) is 0 Å². The average molecular weight is 158 g/mol. The van der Waals surface area contributed by atoms with Gasteiger partial charge in [0.1, 0.15) is 6.04 Å². The second-order valence-corrected chi connectivity index (χ2v) is 2.78. The monoisotopic (exact) mass is 158 g/mol. The summed E-state index contributed by atoms with van der Waals surface area (Å²) in [5, 5.41) is 8.58. The maximum absolute atomic E-state index is 10.5. The largest absolute Gasteiger partial charge is 0.480 e. The minimum atomic E-state index is -0.916. The fraction of sp³-hybridized carbons (Fsp3) is 0.714. The maximum Gasteiger partial charge on any atom is 0.328 e. The molecule has 11 heavy (non-hydrogen) atoms. The molecule has 64 valence electrons. The molecule has 0 radical (unpaired) electrons. The topological polar surface area (TPSA) is 75.7 Å². The number of rotatable bonds is 4. The van der Waals surface area contributed by atoms with Crippen LogP contribution in [0.5, 0.6) is 0 Å². The Morgan fingerprint density at radius 2 is 2.27 bits per heavy atom. The molecule has 0 amide bonds. The van der Waals surface area contributed by atoms with Gasteiger partial charge in [-0.15, -0.1) is 0 Å². The predicted molar refractivity (Wildman–Crippen MR) is 43.6 cm³/mol. The van der Waals surface area contributed by atoms with E-state index in [4.69, 9.17) is 10.8 Å². The van der Waals surface area contributed by atoms with Crippen molar-refractivity contribution in [2.45, 2.75) is 26.3 Å². The van der Waals surface area contributed by atoms with Crippen LogP contribution in [-0.2, 0) is 4.79 Å². The van der Waals surface area contributed by atoms with Gasteiger partial charge < -0.3 is 10.8 Å². The summed E-state index contributed by atoms with van der Waals surface area (Å²) in [7, 11) is 0. The van der Waals surface area contributed by atoms with Gasteiger partial charge in [0, 0.05) is 0 Å².